The van der Waals surface area contributed by atoms with Crippen LogP contribution in [0.1, 0.15) is 25.7 Å². The van der Waals surface area contributed by atoms with Crippen LogP contribution in [0, 0.1) is 0 Å². The first-order chi connectivity index (χ1) is 8.79. The monoisotopic (exact) mass is 313 g/mol. The van der Waals surface area contributed by atoms with E-state index in [1.165, 1.54) is 12.8 Å². The lowest BCUT2D eigenvalue weighted by atomic mass is 10.1. The van der Waals surface area contributed by atoms with Gasteiger partial charge in [-0.25, -0.2) is 0 Å². The van der Waals surface area contributed by atoms with E-state index in [1.54, 1.807) is 7.11 Å². The number of nitrogens with one attached hydrogen (secondary N) is 1. The van der Waals surface area contributed by atoms with Crippen LogP contribution in [0.25, 0.3) is 0 Å². The molecule has 1 atom stereocenters. The molecule has 18 heavy (non-hydrogen) atoms. The van der Waals surface area contributed by atoms with Crippen molar-refractivity contribution in [2.75, 3.05) is 25.6 Å². The van der Waals surface area contributed by atoms with E-state index >= 15 is 0 Å². The molecule has 1 saturated heterocycles. The molecule has 1 fully saturated rings. The van der Waals surface area contributed by atoms with Crippen molar-refractivity contribution in [1.82, 2.24) is 0 Å². The predicted octanol–water partition coefficient (Wildman–Crippen LogP) is 3.83. The van der Waals surface area contributed by atoms with E-state index < -0.39 is 0 Å². The van der Waals surface area contributed by atoms with Gasteiger partial charge in [0.15, 0.2) is 0 Å². The summed E-state index contributed by atoms with van der Waals surface area (Å²) in [5.74, 6) is 0.860. The molecule has 1 unspecified atom stereocenters. The van der Waals surface area contributed by atoms with Gasteiger partial charge in [-0.05, 0) is 53.7 Å². The largest absolute Gasteiger partial charge is 0.495 e. The minimum atomic E-state index is 0.492. The Kier molecular flexibility index (Phi) is 5.32. The molecule has 2 rings (SSSR count). The molecule has 1 aliphatic rings. The van der Waals surface area contributed by atoms with Crippen LogP contribution in [0.4, 0.5) is 5.69 Å². The molecule has 0 bridgehead atoms. The molecule has 1 N–H and O–H groups in total. The Bertz CT molecular complexity index is 378. The lowest BCUT2D eigenvalue weighted by Crippen LogP contribution is -2.09. The summed E-state index contributed by atoms with van der Waals surface area (Å²) in [5, 5.41) is 3.41. The fourth-order valence-corrected chi connectivity index (χ4v) is 2.61. The van der Waals surface area contributed by atoms with Crippen LogP contribution >= 0.6 is 15.9 Å². The summed E-state index contributed by atoms with van der Waals surface area (Å²) in [7, 11) is 1.68. The fourth-order valence-electron chi connectivity index (χ4n) is 2.20. The van der Waals surface area contributed by atoms with Crippen molar-refractivity contribution in [2.24, 2.45) is 0 Å². The molecule has 0 amide bonds. The number of halogens is 1. The molecule has 3 nitrogen and oxygen atoms in total. The zero-order valence-corrected chi connectivity index (χ0v) is 12.3. The third-order valence-electron chi connectivity index (χ3n) is 3.21. The van der Waals surface area contributed by atoms with Crippen molar-refractivity contribution in [1.29, 1.82) is 0 Å². The third-order valence-corrected chi connectivity index (χ3v) is 3.86. The summed E-state index contributed by atoms with van der Waals surface area (Å²) in [6.07, 6.45) is 5.24. The predicted molar refractivity (Wildman–Crippen MR) is 77.4 cm³/mol. The molecule has 0 spiro atoms. The molecule has 0 aliphatic carbocycles. The topological polar surface area (TPSA) is 30.5 Å². The fraction of sp³-hybridized carbons (Fsp3) is 0.571. The van der Waals surface area contributed by atoms with Crippen LogP contribution in [0.15, 0.2) is 22.7 Å². The maximum atomic E-state index is 5.60. The number of ether oxygens (including phenoxy) is 2. The van der Waals surface area contributed by atoms with Crippen molar-refractivity contribution in [3.8, 4) is 5.75 Å². The van der Waals surface area contributed by atoms with E-state index in [9.17, 15) is 0 Å². The lowest BCUT2D eigenvalue weighted by Gasteiger charge is -2.11. The van der Waals surface area contributed by atoms with Crippen LogP contribution in [-0.4, -0.2) is 26.4 Å². The van der Waals surface area contributed by atoms with Crippen LogP contribution in [0.3, 0.4) is 0 Å². The van der Waals surface area contributed by atoms with Crippen LogP contribution in [-0.2, 0) is 4.74 Å². The standard InChI is InChI=1S/C14H20BrNO2/c1-17-14-10-11(6-7-13(14)15)16-8-2-4-12-5-3-9-18-12/h6-7,10,12,16H,2-5,8-9H2,1H3. The average Bonchev–Trinajstić information content (AvgIpc) is 2.89. The van der Waals surface area contributed by atoms with Gasteiger partial charge in [0.2, 0.25) is 0 Å². The molecule has 0 radical (unpaired) electrons. The van der Waals surface area contributed by atoms with E-state index in [-0.39, 0.29) is 0 Å². The summed E-state index contributed by atoms with van der Waals surface area (Å²) >= 11 is 3.45. The SMILES string of the molecule is COc1cc(NCCCC2CCCO2)ccc1Br. The normalized spacial score (nSPS) is 18.9. The number of rotatable bonds is 6. The second-order valence-electron chi connectivity index (χ2n) is 4.55. The summed E-state index contributed by atoms with van der Waals surface area (Å²) in [4.78, 5) is 0. The first-order valence-corrected chi connectivity index (χ1v) is 7.28. The third kappa shape index (κ3) is 3.89. The maximum Gasteiger partial charge on any atom is 0.135 e. The summed E-state index contributed by atoms with van der Waals surface area (Å²) < 4.78 is 11.9. The summed E-state index contributed by atoms with van der Waals surface area (Å²) in [6, 6.07) is 6.07. The number of hydrogen-bond acceptors (Lipinski definition) is 3. The van der Waals surface area contributed by atoms with Gasteiger partial charge >= 0.3 is 0 Å². The Morgan fingerprint density at radius 1 is 1.50 bits per heavy atom. The van der Waals surface area contributed by atoms with Gasteiger partial charge in [-0.2, -0.15) is 0 Å². The quantitative estimate of drug-likeness (QED) is 0.810. The van der Waals surface area contributed by atoms with E-state index in [4.69, 9.17) is 9.47 Å². The molecular weight excluding hydrogens is 294 g/mol. The maximum absolute atomic E-state index is 5.60. The van der Waals surface area contributed by atoms with Crippen LogP contribution in [0.5, 0.6) is 5.75 Å². The first-order valence-electron chi connectivity index (χ1n) is 6.48. The summed E-state index contributed by atoms with van der Waals surface area (Å²) in [6.45, 7) is 1.92. The van der Waals surface area contributed by atoms with Gasteiger partial charge in [-0.1, -0.05) is 0 Å². The number of benzene rings is 1. The molecular formula is C14H20BrNO2. The Morgan fingerprint density at radius 2 is 2.39 bits per heavy atom. The highest BCUT2D eigenvalue weighted by atomic mass is 79.9. The lowest BCUT2D eigenvalue weighted by molar-refractivity contribution is 0.103. The molecule has 0 saturated carbocycles. The molecule has 1 aliphatic heterocycles. The first kappa shape index (κ1) is 13.7. The van der Waals surface area contributed by atoms with Gasteiger partial charge in [0.05, 0.1) is 17.7 Å². The highest BCUT2D eigenvalue weighted by Crippen LogP contribution is 2.27. The second-order valence-corrected chi connectivity index (χ2v) is 5.41. The van der Waals surface area contributed by atoms with Crippen molar-refractivity contribution >= 4 is 21.6 Å². The Balaban J connectivity index is 1.72. The van der Waals surface area contributed by atoms with E-state index in [1.807, 2.05) is 12.1 Å². The Morgan fingerprint density at radius 3 is 3.11 bits per heavy atom. The highest BCUT2D eigenvalue weighted by molar-refractivity contribution is 9.10. The molecule has 0 aromatic heterocycles. The zero-order chi connectivity index (χ0) is 12.8. The van der Waals surface area contributed by atoms with Crippen molar-refractivity contribution in [3.63, 3.8) is 0 Å². The smallest absolute Gasteiger partial charge is 0.135 e. The molecule has 1 aromatic rings. The molecule has 1 heterocycles. The van der Waals surface area contributed by atoms with Crippen molar-refractivity contribution in [3.05, 3.63) is 22.7 Å². The minimum Gasteiger partial charge on any atom is -0.495 e. The van der Waals surface area contributed by atoms with E-state index in [0.717, 1.165) is 41.9 Å². The van der Waals surface area contributed by atoms with Crippen molar-refractivity contribution < 1.29 is 9.47 Å². The summed E-state index contributed by atoms with van der Waals surface area (Å²) in [5.41, 5.74) is 1.10. The Hall–Kier alpha value is -0.740. The van der Waals surface area contributed by atoms with Crippen molar-refractivity contribution in [2.45, 2.75) is 31.8 Å². The number of hydrogen-bond donors (Lipinski definition) is 1. The number of methoxy groups -OCH3 is 1. The van der Waals surface area contributed by atoms with Gasteiger partial charge < -0.3 is 14.8 Å². The minimum absolute atomic E-state index is 0.492. The van der Waals surface area contributed by atoms with E-state index in [2.05, 4.69) is 27.3 Å². The molecule has 4 heteroatoms. The van der Waals surface area contributed by atoms with E-state index in [0.29, 0.717) is 6.10 Å². The van der Waals surface area contributed by atoms with Crippen LogP contribution in [0.2, 0.25) is 0 Å². The second kappa shape index (κ2) is 7.00. The molecule has 1 aromatic carbocycles. The molecule has 100 valence electrons. The van der Waals surface area contributed by atoms with Gasteiger partial charge in [-0.15, -0.1) is 0 Å². The number of anilines is 1. The zero-order valence-electron chi connectivity index (χ0n) is 10.7. The van der Waals surface area contributed by atoms with Crippen LogP contribution < -0.4 is 10.1 Å². The average molecular weight is 314 g/mol. The van der Waals surface area contributed by atoms with Gasteiger partial charge in [0, 0.05) is 24.9 Å². The van der Waals surface area contributed by atoms with Gasteiger partial charge in [0.1, 0.15) is 5.75 Å². The Labute approximate surface area is 117 Å². The van der Waals surface area contributed by atoms with Gasteiger partial charge in [-0.3, -0.25) is 0 Å². The highest BCUT2D eigenvalue weighted by Gasteiger charge is 2.14. The van der Waals surface area contributed by atoms with Gasteiger partial charge in [0.25, 0.3) is 0 Å².